The summed E-state index contributed by atoms with van der Waals surface area (Å²) in [5, 5.41) is 4.60. The summed E-state index contributed by atoms with van der Waals surface area (Å²) in [6.45, 7) is 7.77. The molecule has 1 saturated heterocycles. The zero-order valence-electron chi connectivity index (χ0n) is 13.0. The van der Waals surface area contributed by atoms with E-state index in [-0.39, 0.29) is 6.10 Å². The lowest BCUT2D eigenvalue weighted by Gasteiger charge is -2.29. The number of pyridine rings is 1. The number of rotatable bonds is 3. The normalized spacial score (nSPS) is 18.9. The van der Waals surface area contributed by atoms with E-state index < -0.39 is 0 Å². The molecule has 3 rings (SSSR count). The van der Waals surface area contributed by atoms with Crippen LogP contribution in [0.15, 0.2) is 24.3 Å². The molecule has 1 aromatic heterocycles. The molecular formula is C17H23N3O. The number of hydrogen-bond acceptors (Lipinski definition) is 4. The van der Waals surface area contributed by atoms with Crippen molar-refractivity contribution in [2.24, 2.45) is 0 Å². The first kappa shape index (κ1) is 14.3. The Labute approximate surface area is 126 Å². The van der Waals surface area contributed by atoms with Crippen molar-refractivity contribution >= 4 is 16.7 Å². The molecule has 1 aliphatic heterocycles. The lowest BCUT2D eigenvalue weighted by atomic mass is 10.1. The largest absolute Gasteiger partial charge is 0.374 e. The van der Waals surface area contributed by atoms with Crippen molar-refractivity contribution in [3.8, 4) is 0 Å². The van der Waals surface area contributed by atoms with Crippen LogP contribution in [-0.2, 0) is 4.74 Å². The summed E-state index contributed by atoms with van der Waals surface area (Å²) in [4.78, 5) is 7.00. The number of nitrogens with one attached hydrogen (secondary N) is 1. The van der Waals surface area contributed by atoms with Gasteiger partial charge in [-0.05, 0) is 37.1 Å². The summed E-state index contributed by atoms with van der Waals surface area (Å²) >= 11 is 0. The van der Waals surface area contributed by atoms with Crippen molar-refractivity contribution in [2.45, 2.75) is 20.0 Å². The second-order valence-electron chi connectivity index (χ2n) is 5.90. The van der Waals surface area contributed by atoms with Gasteiger partial charge in [-0.1, -0.05) is 12.1 Å². The van der Waals surface area contributed by atoms with E-state index in [9.17, 15) is 0 Å². The molecule has 0 bridgehead atoms. The molecule has 1 fully saturated rings. The van der Waals surface area contributed by atoms with E-state index in [0.29, 0.717) is 0 Å². The first-order valence-corrected chi connectivity index (χ1v) is 7.55. The third-order valence-electron chi connectivity index (χ3n) is 4.03. The minimum atomic E-state index is 0.235. The number of benzene rings is 1. The van der Waals surface area contributed by atoms with Crippen LogP contribution in [0.25, 0.3) is 10.9 Å². The smallest absolute Gasteiger partial charge is 0.129 e. The monoisotopic (exact) mass is 285 g/mol. The van der Waals surface area contributed by atoms with Crippen LogP contribution in [-0.4, -0.2) is 44.4 Å². The Balaban J connectivity index is 1.85. The standard InChI is InChI=1S/C17H23N3O/c1-12-4-5-15-13(2)9-17(19-16(15)8-12)20(3)11-14-10-18-6-7-21-14/h4-5,8-9,14,18H,6-7,10-11H2,1-3H3. The van der Waals surface area contributed by atoms with E-state index in [2.05, 4.69) is 55.4 Å². The Hall–Kier alpha value is -1.65. The molecule has 1 unspecified atom stereocenters. The first-order chi connectivity index (χ1) is 10.1. The van der Waals surface area contributed by atoms with E-state index >= 15 is 0 Å². The van der Waals surface area contributed by atoms with Crippen molar-refractivity contribution in [3.63, 3.8) is 0 Å². The van der Waals surface area contributed by atoms with Gasteiger partial charge in [0.1, 0.15) is 5.82 Å². The van der Waals surface area contributed by atoms with Crippen LogP contribution in [0, 0.1) is 13.8 Å². The lowest BCUT2D eigenvalue weighted by Crippen LogP contribution is -2.44. The van der Waals surface area contributed by atoms with E-state index in [1.807, 2.05) is 0 Å². The van der Waals surface area contributed by atoms with Crippen molar-refractivity contribution < 1.29 is 4.74 Å². The van der Waals surface area contributed by atoms with E-state index in [4.69, 9.17) is 9.72 Å². The van der Waals surface area contributed by atoms with Crippen LogP contribution >= 0.6 is 0 Å². The zero-order chi connectivity index (χ0) is 14.8. The highest BCUT2D eigenvalue weighted by Crippen LogP contribution is 2.23. The van der Waals surface area contributed by atoms with E-state index in [1.54, 1.807) is 0 Å². The maximum Gasteiger partial charge on any atom is 0.129 e. The molecular weight excluding hydrogens is 262 g/mol. The highest BCUT2D eigenvalue weighted by Gasteiger charge is 2.17. The Morgan fingerprint density at radius 3 is 2.95 bits per heavy atom. The number of nitrogens with zero attached hydrogens (tertiary/aromatic N) is 2. The fourth-order valence-electron chi connectivity index (χ4n) is 2.83. The molecule has 1 atom stereocenters. The van der Waals surface area contributed by atoms with Gasteiger partial charge in [0.15, 0.2) is 0 Å². The molecule has 1 N–H and O–H groups in total. The minimum absolute atomic E-state index is 0.235. The second-order valence-corrected chi connectivity index (χ2v) is 5.90. The summed E-state index contributed by atoms with van der Waals surface area (Å²) in [5.41, 5.74) is 3.58. The van der Waals surface area contributed by atoms with Crippen LogP contribution in [0.1, 0.15) is 11.1 Å². The van der Waals surface area contributed by atoms with Crippen LogP contribution in [0.2, 0.25) is 0 Å². The highest BCUT2D eigenvalue weighted by molar-refractivity contribution is 5.84. The van der Waals surface area contributed by atoms with Gasteiger partial charge in [0.25, 0.3) is 0 Å². The predicted molar refractivity (Wildman–Crippen MR) is 87.1 cm³/mol. The number of anilines is 1. The average Bonchev–Trinajstić information content (AvgIpc) is 2.47. The van der Waals surface area contributed by atoms with Crippen molar-refractivity contribution in [1.82, 2.24) is 10.3 Å². The Bertz CT molecular complexity index is 635. The summed E-state index contributed by atoms with van der Waals surface area (Å²) in [6.07, 6.45) is 0.235. The SMILES string of the molecule is Cc1ccc2c(C)cc(N(C)CC3CNCCO3)nc2c1. The fourth-order valence-corrected chi connectivity index (χ4v) is 2.83. The first-order valence-electron chi connectivity index (χ1n) is 7.55. The van der Waals surface area contributed by atoms with E-state index in [0.717, 1.165) is 37.6 Å². The van der Waals surface area contributed by atoms with Crippen molar-refractivity contribution in [1.29, 1.82) is 0 Å². The van der Waals surface area contributed by atoms with Crippen LogP contribution < -0.4 is 10.2 Å². The molecule has 4 heteroatoms. The zero-order valence-corrected chi connectivity index (χ0v) is 13.0. The molecule has 0 radical (unpaired) electrons. The summed E-state index contributed by atoms with van der Waals surface area (Å²) in [6, 6.07) is 8.61. The molecule has 0 spiro atoms. The van der Waals surface area contributed by atoms with Gasteiger partial charge in [-0.25, -0.2) is 4.98 Å². The van der Waals surface area contributed by atoms with E-state index in [1.165, 1.54) is 16.5 Å². The van der Waals surface area contributed by atoms with Gasteiger partial charge < -0.3 is 15.0 Å². The Kier molecular flexibility index (Phi) is 4.08. The van der Waals surface area contributed by atoms with Crippen LogP contribution in [0.3, 0.4) is 0 Å². The number of morpholine rings is 1. The maximum absolute atomic E-state index is 5.77. The van der Waals surface area contributed by atoms with Gasteiger partial charge in [-0.15, -0.1) is 0 Å². The fraction of sp³-hybridized carbons (Fsp3) is 0.471. The predicted octanol–water partition coefficient (Wildman–Crippen LogP) is 2.28. The van der Waals surface area contributed by atoms with Gasteiger partial charge in [0.05, 0.1) is 18.2 Å². The molecule has 21 heavy (non-hydrogen) atoms. The van der Waals surface area contributed by atoms with Crippen molar-refractivity contribution in [3.05, 3.63) is 35.4 Å². The Morgan fingerprint density at radius 1 is 1.33 bits per heavy atom. The molecule has 2 heterocycles. The van der Waals surface area contributed by atoms with Gasteiger partial charge in [0, 0.05) is 32.1 Å². The summed E-state index contributed by atoms with van der Waals surface area (Å²) < 4.78 is 5.77. The third kappa shape index (κ3) is 3.17. The number of aryl methyl sites for hydroxylation is 2. The van der Waals surface area contributed by atoms with Crippen molar-refractivity contribution in [2.75, 3.05) is 38.2 Å². The molecule has 0 aliphatic carbocycles. The molecule has 1 aliphatic rings. The van der Waals surface area contributed by atoms with Crippen LogP contribution in [0.5, 0.6) is 0 Å². The second kappa shape index (κ2) is 6.00. The lowest BCUT2D eigenvalue weighted by molar-refractivity contribution is 0.0339. The highest BCUT2D eigenvalue weighted by atomic mass is 16.5. The molecule has 4 nitrogen and oxygen atoms in total. The maximum atomic E-state index is 5.77. The summed E-state index contributed by atoms with van der Waals surface area (Å²) in [5.74, 6) is 1.01. The minimum Gasteiger partial charge on any atom is -0.374 e. The van der Waals surface area contributed by atoms with Gasteiger partial charge in [-0.3, -0.25) is 0 Å². The third-order valence-corrected chi connectivity index (χ3v) is 4.03. The summed E-state index contributed by atoms with van der Waals surface area (Å²) in [7, 11) is 2.08. The number of fused-ring (bicyclic) bond motifs is 1. The average molecular weight is 285 g/mol. The number of ether oxygens (including phenoxy) is 1. The quantitative estimate of drug-likeness (QED) is 0.939. The van der Waals surface area contributed by atoms with Gasteiger partial charge in [-0.2, -0.15) is 0 Å². The molecule has 0 saturated carbocycles. The molecule has 2 aromatic rings. The molecule has 1 aromatic carbocycles. The number of likely N-dealkylation sites (N-methyl/N-ethyl adjacent to an activating group) is 1. The number of hydrogen-bond donors (Lipinski definition) is 1. The van der Waals surface area contributed by atoms with Gasteiger partial charge in [0.2, 0.25) is 0 Å². The molecule has 0 amide bonds. The Morgan fingerprint density at radius 2 is 2.19 bits per heavy atom. The number of aromatic nitrogens is 1. The molecule has 112 valence electrons. The topological polar surface area (TPSA) is 37.4 Å². The van der Waals surface area contributed by atoms with Crippen LogP contribution in [0.4, 0.5) is 5.82 Å². The van der Waals surface area contributed by atoms with Gasteiger partial charge >= 0.3 is 0 Å².